The molecule has 15 heavy (non-hydrogen) atoms. The van der Waals surface area contributed by atoms with Gasteiger partial charge in [0.25, 0.3) is 0 Å². The smallest absolute Gasteiger partial charge is 0.00175 e. The van der Waals surface area contributed by atoms with Crippen LogP contribution in [0.5, 0.6) is 0 Å². The van der Waals surface area contributed by atoms with Crippen LogP contribution in [0.3, 0.4) is 0 Å². The fraction of sp³-hybridized carbons (Fsp3) is 0.429. The summed E-state index contributed by atoms with van der Waals surface area (Å²) in [4.78, 5) is 0. The zero-order chi connectivity index (χ0) is 10.5. The maximum Gasteiger partial charge on any atom is -0.00175 e. The number of hydrogen-bond donors (Lipinski definition) is 1. The second kappa shape index (κ2) is 5.13. The molecule has 1 unspecified atom stereocenters. The molecule has 80 valence electrons. The maximum atomic E-state index is 3.43. The molecule has 0 spiro atoms. The summed E-state index contributed by atoms with van der Waals surface area (Å²) in [6.45, 7) is 4.64. The van der Waals surface area contributed by atoms with E-state index in [4.69, 9.17) is 0 Å². The molecule has 0 aliphatic carbocycles. The number of nitrogens with one attached hydrogen (secondary N) is 1. The van der Waals surface area contributed by atoms with E-state index in [0.717, 1.165) is 24.9 Å². The minimum atomic E-state index is 0.742. The Kier molecular flexibility index (Phi) is 3.57. The van der Waals surface area contributed by atoms with Gasteiger partial charge in [0.1, 0.15) is 0 Å². The number of piperidine rings is 1. The van der Waals surface area contributed by atoms with Crippen LogP contribution in [-0.2, 0) is 0 Å². The molecule has 0 radical (unpaired) electrons. The summed E-state index contributed by atoms with van der Waals surface area (Å²) >= 11 is 0. The van der Waals surface area contributed by atoms with Gasteiger partial charge >= 0.3 is 0 Å². The van der Waals surface area contributed by atoms with E-state index in [2.05, 4.69) is 54.7 Å². The summed E-state index contributed by atoms with van der Waals surface area (Å²) in [5.41, 5.74) is 1.31. The molecule has 1 aliphatic rings. The Morgan fingerprint density at radius 3 is 2.80 bits per heavy atom. The van der Waals surface area contributed by atoms with Crippen LogP contribution < -0.4 is 5.32 Å². The second-order valence-electron chi connectivity index (χ2n) is 4.40. The lowest BCUT2D eigenvalue weighted by atomic mass is 9.87. The predicted molar refractivity (Wildman–Crippen MR) is 65.6 cm³/mol. The fourth-order valence-corrected chi connectivity index (χ4v) is 2.12. The molecule has 0 aromatic heterocycles. The Labute approximate surface area is 92.2 Å². The standard InChI is InChI=1S/C14H19N/c1-12-11-15-10-9-14(12)8-7-13-5-3-2-4-6-13/h2-8,12,14-15H,9-11H2,1H3/b8-7-/t12-,14?/m0/s1. The Hall–Kier alpha value is -1.08. The molecule has 1 heteroatoms. The van der Waals surface area contributed by atoms with Gasteiger partial charge in [-0.25, -0.2) is 0 Å². The lowest BCUT2D eigenvalue weighted by molar-refractivity contribution is 0.326. The van der Waals surface area contributed by atoms with Crippen molar-refractivity contribution in [3.8, 4) is 0 Å². The summed E-state index contributed by atoms with van der Waals surface area (Å²) in [6.07, 6.45) is 5.90. The Bertz CT molecular complexity index is 315. The lowest BCUT2D eigenvalue weighted by Crippen LogP contribution is -2.34. The molecule has 1 aromatic rings. The van der Waals surface area contributed by atoms with Gasteiger partial charge in [0.15, 0.2) is 0 Å². The van der Waals surface area contributed by atoms with Crippen molar-refractivity contribution in [2.24, 2.45) is 11.8 Å². The maximum absolute atomic E-state index is 3.43. The van der Waals surface area contributed by atoms with E-state index in [0.29, 0.717) is 0 Å². The van der Waals surface area contributed by atoms with Gasteiger partial charge in [0.2, 0.25) is 0 Å². The zero-order valence-corrected chi connectivity index (χ0v) is 9.32. The molecule has 1 saturated heterocycles. The SMILES string of the molecule is C[C@H]1CNCCC1/C=C\c1ccccc1. The molecule has 1 aliphatic heterocycles. The molecule has 1 N–H and O–H groups in total. The predicted octanol–water partition coefficient (Wildman–Crippen LogP) is 2.95. The number of hydrogen-bond acceptors (Lipinski definition) is 1. The highest BCUT2D eigenvalue weighted by Gasteiger charge is 2.17. The van der Waals surface area contributed by atoms with Crippen molar-refractivity contribution in [2.45, 2.75) is 13.3 Å². The first-order valence-electron chi connectivity index (χ1n) is 5.80. The number of benzene rings is 1. The highest BCUT2D eigenvalue weighted by molar-refractivity contribution is 5.49. The van der Waals surface area contributed by atoms with Gasteiger partial charge in [-0.2, -0.15) is 0 Å². The van der Waals surface area contributed by atoms with Crippen LogP contribution in [0.2, 0.25) is 0 Å². The van der Waals surface area contributed by atoms with E-state index in [-0.39, 0.29) is 0 Å². The topological polar surface area (TPSA) is 12.0 Å². The summed E-state index contributed by atoms with van der Waals surface area (Å²) in [7, 11) is 0. The van der Waals surface area contributed by atoms with Crippen LogP contribution in [0.15, 0.2) is 36.4 Å². The second-order valence-corrected chi connectivity index (χ2v) is 4.40. The quantitative estimate of drug-likeness (QED) is 0.775. The molecule has 1 aromatic carbocycles. The highest BCUT2D eigenvalue weighted by Crippen LogP contribution is 2.20. The average molecular weight is 201 g/mol. The molecular weight excluding hydrogens is 182 g/mol. The molecule has 0 saturated carbocycles. The lowest BCUT2D eigenvalue weighted by Gasteiger charge is -2.26. The third kappa shape index (κ3) is 2.93. The third-order valence-electron chi connectivity index (χ3n) is 3.19. The first-order chi connectivity index (χ1) is 7.36. The third-order valence-corrected chi connectivity index (χ3v) is 3.19. The van der Waals surface area contributed by atoms with Crippen LogP contribution in [-0.4, -0.2) is 13.1 Å². The van der Waals surface area contributed by atoms with Gasteiger partial charge in [0, 0.05) is 0 Å². The van der Waals surface area contributed by atoms with Crippen molar-refractivity contribution in [2.75, 3.05) is 13.1 Å². The summed E-state index contributed by atoms with van der Waals surface area (Å²) in [6, 6.07) is 10.5. The zero-order valence-electron chi connectivity index (χ0n) is 9.32. The van der Waals surface area contributed by atoms with Gasteiger partial charge in [-0.15, -0.1) is 0 Å². The number of allylic oxidation sites excluding steroid dienone is 1. The fourth-order valence-electron chi connectivity index (χ4n) is 2.12. The summed E-state index contributed by atoms with van der Waals surface area (Å²) in [5, 5.41) is 3.43. The van der Waals surface area contributed by atoms with Gasteiger partial charge in [-0.1, -0.05) is 49.4 Å². The molecule has 2 rings (SSSR count). The molecule has 1 fully saturated rings. The highest BCUT2D eigenvalue weighted by atomic mass is 14.9. The molecular formula is C14H19N. The van der Waals surface area contributed by atoms with Crippen molar-refractivity contribution in [1.29, 1.82) is 0 Å². The monoisotopic (exact) mass is 201 g/mol. The first-order valence-corrected chi connectivity index (χ1v) is 5.80. The summed E-state index contributed by atoms with van der Waals surface area (Å²) < 4.78 is 0. The largest absolute Gasteiger partial charge is 0.316 e. The van der Waals surface area contributed by atoms with E-state index in [1.54, 1.807) is 0 Å². The minimum absolute atomic E-state index is 0.742. The van der Waals surface area contributed by atoms with Gasteiger partial charge in [0.05, 0.1) is 0 Å². The summed E-state index contributed by atoms with van der Waals surface area (Å²) in [5.74, 6) is 1.50. The van der Waals surface area contributed by atoms with Crippen LogP contribution in [0.25, 0.3) is 6.08 Å². The molecule has 0 amide bonds. The van der Waals surface area contributed by atoms with Crippen LogP contribution >= 0.6 is 0 Å². The minimum Gasteiger partial charge on any atom is -0.316 e. The Morgan fingerprint density at radius 2 is 2.07 bits per heavy atom. The van der Waals surface area contributed by atoms with Gasteiger partial charge < -0.3 is 5.32 Å². The van der Waals surface area contributed by atoms with E-state index in [9.17, 15) is 0 Å². The van der Waals surface area contributed by atoms with E-state index in [1.807, 2.05) is 0 Å². The Morgan fingerprint density at radius 1 is 1.27 bits per heavy atom. The molecule has 1 nitrogen and oxygen atoms in total. The van der Waals surface area contributed by atoms with Gasteiger partial charge in [-0.05, 0) is 36.9 Å². The van der Waals surface area contributed by atoms with Crippen LogP contribution in [0.1, 0.15) is 18.9 Å². The van der Waals surface area contributed by atoms with Crippen molar-refractivity contribution < 1.29 is 0 Å². The average Bonchev–Trinajstić information content (AvgIpc) is 2.29. The number of rotatable bonds is 2. The van der Waals surface area contributed by atoms with Crippen molar-refractivity contribution in [1.82, 2.24) is 5.32 Å². The van der Waals surface area contributed by atoms with E-state index < -0.39 is 0 Å². The van der Waals surface area contributed by atoms with Crippen LogP contribution in [0.4, 0.5) is 0 Å². The Balaban J connectivity index is 1.98. The van der Waals surface area contributed by atoms with E-state index in [1.165, 1.54) is 12.0 Å². The molecule has 1 heterocycles. The molecule has 0 bridgehead atoms. The first kappa shape index (κ1) is 10.4. The van der Waals surface area contributed by atoms with Crippen LogP contribution in [0, 0.1) is 11.8 Å². The van der Waals surface area contributed by atoms with Crippen molar-refractivity contribution >= 4 is 6.08 Å². The van der Waals surface area contributed by atoms with E-state index >= 15 is 0 Å². The van der Waals surface area contributed by atoms with Crippen molar-refractivity contribution in [3.63, 3.8) is 0 Å². The normalized spacial score (nSPS) is 27.0. The van der Waals surface area contributed by atoms with Crippen molar-refractivity contribution in [3.05, 3.63) is 42.0 Å². The molecule has 2 atom stereocenters. The van der Waals surface area contributed by atoms with Gasteiger partial charge in [-0.3, -0.25) is 0 Å².